The standard InChI is InChI=1S/C15H20N4O/c1-11(15-7-8-16-18-15)17-14-6-4-5-13(9-14)10-19(3)12(2)20/h4-9,11,17H,10H2,1-3H3,(H,16,18). The first-order valence-electron chi connectivity index (χ1n) is 6.62. The molecule has 0 spiro atoms. The van der Waals surface area contributed by atoms with Gasteiger partial charge in [0.1, 0.15) is 0 Å². The fraction of sp³-hybridized carbons (Fsp3) is 0.333. The molecule has 0 radical (unpaired) electrons. The van der Waals surface area contributed by atoms with E-state index in [2.05, 4.69) is 28.5 Å². The second-order valence-electron chi connectivity index (χ2n) is 4.95. The van der Waals surface area contributed by atoms with E-state index in [4.69, 9.17) is 0 Å². The molecule has 1 atom stereocenters. The summed E-state index contributed by atoms with van der Waals surface area (Å²) in [4.78, 5) is 13.0. The molecule has 0 aliphatic heterocycles. The summed E-state index contributed by atoms with van der Waals surface area (Å²) in [6, 6.07) is 10.2. The summed E-state index contributed by atoms with van der Waals surface area (Å²) < 4.78 is 0. The van der Waals surface area contributed by atoms with Crippen LogP contribution >= 0.6 is 0 Å². The normalized spacial score (nSPS) is 11.9. The van der Waals surface area contributed by atoms with Gasteiger partial charge >= 0.3 is 0 Å². The zero-order chi connectivity index (χ0) is 14.5. The number of aromatic nitrogens is 2. The van der Waals surface area contributed by atoms with Crippen molar-refractivity contribution in [3.8, 4) is 0 Å². The van der Waals surface area contributed by atoms with E-state index < -0.39 is 0 Å². The zero-order valence-corrected chi connectivity index (χ0v) is 12.1. The van der Waals surface area contributed by atoms with Crippen molar-refractivity contribution in [2.45, 2.75) is 26.4 Å². The first kappa shape index (κ1) is 14.1. The number of hydrogen-bond acceptors (Lipinski definition) is 3. The van der Waals surface area contributed by atoms with Crippen LogP contribution in [-0.2, 0) is 11.3 Å². The molecule has 106 valence electrons. The molecule has 5 nitrogen and oxygen atoms in total. The van der Waals surface area contributed by atoms with Gasteiger partial charge in [-0.25, -0.2) is 0 Å². The van der Waals surface area contributed by atoms with E-state index in [1.807, 2.05) is 24.3 Å². The lowest BCUT2D eigenvalue weighted by Gasteiger charge is -2.17. The Bertz CT molecular complexity index is 565. The highest BCUT2D eigenvalue weighted by molar-refractivity contribution is 5.72. The molecule has 20 heavy (non-hydrogen) atoms. The molecule has 2 N–H and O–H groups in total. The minimum absolute atomic E-state index is 0.0641. The Kier molecular flexibility index (Phi) is 4.40. The number of hydrogen-bond donors (Lipinski definition) is 2. The van der Waals surface area contributed by atoms with Crippen molar-refractivity contribution in [3.05, 3.63) is 47.8 Å². The summed E-state index contributed by atoms with van der Waals surface area (Å²) in [6.45, 7) is 4.26. The quantitative estimate of drug-likeness (QED) is 0.879. The average Bonchev–Trinajstić information content (AvgIpc) is 2.92. The molecule has 1 heterocycles. The van der Waals surface area contributed by atoms with E-state index in [9.17, 15) is 4.79 Å². The lowest BCUT2D eigenvalue weighted by Crippen LogP contribution is -2.23. The molecule has 0 fully saturated rings. The lowest BCUT2D eigenvalue weighted by molar-refractivity contribution is -0.128. The molecule has 1 unspecified atom stereocenters. The SMILES string of the molecule is CC(=O)N(C)Cc1cccc(NC(C)c2ccn[nH]2)c1. The zero-order valence-electron chi connectivity index (χ0n) is 12.1. The Morgan fingerprint density at radius 2 is 2.25 bits per heavy atom. The van der Waals surface area contributed by atoms with Crippen LogP contribution in [0.25, 0.3) is 0 Å². The van der Waals surface area contributed by atoms with Crippen LogP contribution < -0.4 is 5.32 Å². The van der Waals surface area contributed by atoms with Crippen molar-refractivity contribution in [2.24, 2.45) is 0 Å². The van der Waals surface area contributed by atoms with Crippen LogP contribution in [0.2, 0.25) is 0 Å². The number of H-pyrrole nitrogens is 1. The summed E-state index contributed by atoms with van der Waals surface area (Å²) in [5, 5.41) is 10.3. The molecule has 0 saturated carbocycles. The Morgan fingerprint density at radius 1 is 1.45 bits per heavy atom. The van der Waals surface area contributed by atoms with E-state index in [1.54, 1.807) is 25.1 Å². The molecule has 0 saturated heterocycles. The van der Waals surface area contributed by atoms with Crippen LogP contribution in [-0.4, -0.2) is 28.1 Å². The number of nitrogens with zero attached hydrogens (tertiary/aromatic N) is 2. The van der Waals surface area contributed by atoms with E-state index in [0.717, 1.165) is 16.9 Å². The van der Waals surface area contributed by atoms with Gasteiger partial charge < -0.3 is 10.2 Å². The van der Waals surface area contributed by atoms with E-state index in [1.165, 1.54) is 0 Å². The van der Waals surface area contributed by atoms with E-state index in [-0.39, 0.29) is 11.9 Å². The van der Waals surface area contributed by atoms with Crippen molar-refractivity contribution < 1.29 is 4.79 Å². The van der Waals surface area contributed by atoms with Gasteiger partial charge in [-0.05, 0) is 30.7 Å². The second kappa shape index (κ2) is 6.23. The Labute approximate surface area is 119 Å². The van der Waals surface area contributed by atoms with Crippen LogP contribution in [0.1, 0.15) is 31.1 Å². The smallest absolute Gasteiger partial charge is 0.219 e. The number of carbonyl (C=O) groups is 1. The van der Waals surface area contributed by atoms with Gasteiger partial charge in [0.25, 0.3) is 0 Å². The van der Waals surface area contributed by atoms with Crippen molar-refractivity contribution in [1.29, 1.82) is 0 Å². The Balaban J connectivity index is 2.04. The van der Waals surface area contributed by atoms with Crippen LogP contribution in [0.5, 0.6) is 0 Å². The monoisotopic (exact) mass is 272 g/mol. The third-order valence-electron chi connectivity index (χ3n) is 3.26. The van der Waals surface area contributed by atoms with Crippen LogP contribution in [0.15, 0.2) is 36.5 Å². The minimum atomic E-state index is 0.0641. The molecule has 0 aliphatic carbocycles. The molecular weight excluding hydrogens is 252 g/mol. The third kappa shape index (κ3) is 3.60. The number of carbonyl (C=O) groups excluding carboxylic acids is 1. The highest BCUT2D eigenvalue weighted by atomic mass is 16.2. The molecule has 1 aromatic carbocycles. The summed E-state index contributed by atoms with van der Waals surface area (Å²) in [5.74, 6) is 0.0641. The van der Waals surface area contributed by atoms with E-state index >= 15 is 0 Å². The number of rotatable bonds is 5. The van der Waals surface area contributed by atoms with Crippen molar-refractivity contribution in [3.63, 3.8) is 0 Å². The maximum absolute atomic E-state index is 11.3. The van der Waals surface area contributed by atoms with Gasteiger partial charge in [0.2, 0.25) is 5.91 Å². The molecule has 2 rings (SSSR count). The molecule has 5 heteroatoms. The van der Waals surface area contributed by atoms with Crippen LogP contribution in [0, 0.1) is 0 Å². The number of nitrogens with one attached hydrogen (secondary N) is 2. The topological polar surface area (TPSA) is 61.0 Å². The first-order chi connectivity index (χ1) is 9.56. The number of aromatic amines is 1. The highest BCUT2D eigenvalue weighted by Gasteiger charge is 2.08. The molecular formula is C15H20N4O. The molecule has 0 bridgehead atoms. The molecule has 0 aliphatic rings. The number of benzene rings is 1. The third-order valence-corrected chi connectivity index (χ3v) is 3.26. The maximum Gasteiger partial charge on any atom is 0.219 e. The maximum atomic E-state index is 11.3. The van der Waals surface area contributed by atoms with E-state index in [0.29, 0.717) is 6.54 Å². The lowest BCUT2D eigenvalue weighted by atomic mass is 10.1. The summed E-state index contributed by atoms with van der Waals surface area (Å²) in [7, 11) is 1.80. The number of amides is 1. The summed E-state index contributed by atoms with van der Waals surface area (Å²) >= 11 is 0. The van der Waals surface area contributed by atoms with Crippen molar-refractivity contribution in [1.82, 2.24) is 15.1 Å². The fourth-order valence-electron chi connectivity index (χ4n) is 1.98. The van der Waals surface area contributed by atoms with Gasteiger partial charge in [-0.15, -0.1) is 0 Å². The first-order valence-corrected chi connectivity index (χ1v) is 6.62. The summed E-state index contributed by atoms with van der Waals surface area (Å²) in [5.41, 5.74) is 3.17. The molecule has 1 aromatic heterocycles. The van der Waals surface area contributed by atoms with Crippen molar-refractivity contribution >= 4 is 11.6 Å². The Hall–Kier alpha value is -2.30. The van der Waals surface area contributed by atoms with Crippen molar-refractivity contribution in [2.75, 3.05) is 12.4 Å². The highest BCUT2D eigenvalue weighted by Crippen LogP contribution is 2.19. The Morgan fingerprint density at radius 3 is 2.90 bits per heavy atom. The largest absolute Gasteiger partial charge is 0.377 e. The van der Waals surface area contributed by atoms with Gasteiger partial charge in [0.15, 0.2) is 0 Å². The minimum Gasteiger partial charge on any atom is -0.377 e. The second-order valence-corrected chi connectivity index (χ2v) is 4.95. The molecule has 2 aromatic rings. The molecule has 1 amide bonds. The van der Waals surface area contributed by atoms with Gasteiger partial charge in [-0.1, -0.05) is 12.1 Å². The fourth-order valence-corrected chi connectivity index (χ4v) is 1.98. The van der Waals surface area contributed by atoms with Gasteiger partial charge in [0, 0.05) is 32.4 Å². The number of anilines is 1. The average molecular weight is 272 g/mol. The predicted octanol–water partition coefficient (Wildman–Crippen LogP) is 2.56. The van der Waals surface area contributed by atoms with Gasteiger partial charge in [-0.2, -0.15) is 5.10 Å². The summed E-state index contributed by atoms with van der Waals surface area (Å²) in [6.07, 6.45) is 1.74. The van der Waals surface area contributed by atoms with Gasteiger partial charge in [-0.3, -0.25) is 9.89 Å². The van der Waals surface area contributed by atoms with Crippen LogP contribution in [0.4, 0.5) is 5.69 Å². The van der Waals surface area contributed by atoms with Gasteiger partial charge in [0.05, 0.1) is 11.7 Å². The van der Waals surface area contributed by atoms with Crippen LogP contribution in [0.3, 0.4) is 0 Å². The predicted molar refractivity (Wildman–Crippen MR) is 79.2 cm³/mol.